The molecule has 0 bridgehead atoms. The van der Waals surface area contributed by atoms with Crippen LogP contribution in [0.3, 0.4) is 0 Å². The van der Waals surface area contributed by atoms with Crippen molar-refractivity contribution in [3.05, 3.63) is 28.8 Å². The molecule has 3 N–H and O–H groups in total. The zero-order chi connectivity index (χ0) is 10.0. The van der Waals surface area contributed by atoms with Crippen molar-refractivity contribution in [1.82, 2.24) is 0 Å². The molecular formula is C11H17NO. The molecule has 1 aromatic rings. The van der Waals surface area contributed by atoms with Crippen molar-refractivity contribution in [2.45, 2.75) is 33.2 Å². The van der Waals surface area contributed by atoms with Crippen LogP contribution in [0, 0.1) is 13.8 Å². The SMILES string of the molecule is Cc1cc(O)c(C[C@H](C)N)cc1C. The third-order valence-corrected chi connectivity index (χ3v) is 2.24. The third kappa shape index (κ3) is 2.46. The molecule has 0 amide bonds. The monoisotopic (exact) mass is 179 g/mol. The van der Waals surface area contributed by atoms with E-state index in [2.05, 4.69) is 0 Å². The fourth-order valence-electron chi connectivity index (χ4n) is 1.37. The molecule has 2 nitrogen and oxygen atoms in total. The van der Waals surface area contributed by atoms with Gasteiger partial charge in [0, 0.05) is 6.04 Å². The molecule has 1 rings (SSSR count). The molecule has 1 aromatic carbocycles. The van der Waals surface area contributed by atoms with E-state index in [9.17, 15) is 5.11 Å². The first-order valence-corrected chi connectivity index (χ1v) is 4.55. The highest BCUT2D eigenvalue weighted by Gasteiger charge is 2.05. The van der Waals surface area contributed by atoms with Crippen LogP contribution < -0.4 is 5.73 Å². The van der Waals surface area contributed by atoms with Gasteiger partial charge in [0.25, 0.3) is 0 Å². The number of rotatable bonds is 2. The van der Waals surface area contributed by atoms with Gasteiger partial charge in [-0.05, 0) is 49.9 Å². The lowest BCUT2D eigenvalue weighted by atomic mass is 10.0. The zero-order valence-electron chi connectivity index (χ0n) is 8.46. The maximum absolute atomic E-state index is 9.61. The van der Waals surface area contributed by atoms with Gasteiger partial charge in [-0.1, -0.05) is 6.07 Å². The Bertz CT molecular complexity index is 305. The molecule has 0 fully saturated rings. The maximum atomic E-state index is 9.61. The number of aromatic hydroxyl groups is 1. The molecule has 2 heteroatoms. The molecule has 0 saturated carbocycles. The van der Waals surface area contributed by atoms with Crippen LogP contribution in [0.4, 0.5) is 0 Å². The van der Waals surface area contributed by atoms with Gasteiger partial charge in [-0.3, -0.25) is 0 Å². The first-order valence-electron chi connectivity index (χ1n) is 4.55. The summed E-state index contributed by atoms with van der Waals surface area (Å²) < 4.78 is 0. The number of hydrogen-bond donors (Lipinski definition) is 2. The van der Waals surface area contributed by atoms with E-state index in [-0.39, 0.29) is 6.04 Å². The second kappa shape index (κ2) is 3.79. The molecule has 72 valence electrons. The lowest BCUT2D eigenvalue weighted by Gasteiger charge is -2.10. The van der Waals surface area contributed by atoms with Crippen LogP contribution in [0.1, 0.15) is 23.6 Å². The second-order valence-corrected chi connectivity index (χ2v) is 3.75. The summed E-state index contributed by atoms with van der Waals surface area (Å²) in [4.78, 5) is 0. The average molecular weight is 179 g/mol. The summed E-state index contributed by atoms with van der Waals surface area (Å²) in [5.41, 5.74) is 8.93. The lowest BCUT2D eigenvalue weighted by Crippen LogP contribution is -2.17. The highest BCUT2D eigenvalue weighted by atomic mass is 16.3. The fraction of sp³-hybridized carbons (Fsp3) is 0.455. The number of phenols is 1. The highest BCUT2D eigenvalue weighted by Crippen LogP contribution is 2.22. The number of phenolic OH excluding ortho intramolecular Hbond substituents is 1. The highest BCUT2D eigenvalue weighted by molar-refractivity contribution is 5.41. The molecule has 0 aromatic heterocycles. The molecule has 1 atom stereocenters. The van der Waals surface area contributed by atoms with Gasteiger partial charge in [-0.25, -0.2) is 0 Å². The Morgan fingerprint density at radius 3 is 2.38 bits per heavy atom. The molecule has 0 radical (unpaired) electrons. The van der Waals surface area contributed by atoms with Crippen LogP contribution in [-0.4, -0.2) is 11.1 Å². The van der Waals surface area contributed by atoms with E-state index in [1.165, 1.54) is 5.56 Å². The van der Waals surface area contributed by atoms with Crippen LogP contribution in [0.2, 0.25) is 0 Å². The molecule has 0 aliphatic carbocycles. The van der Waals surface area contributed by atoms with Crippen LogP contribution >= 0.6 is 0 Å². The Kier molecular flexibility index (Phi) is 2.94. The predicted octanol–water partition coefficient (Wildman–Crippen LogP) is 1.90. The Morgan fingerprint density at radius 2 is 1.85 bits per heavy atom. The van der Waals surface area contributed by atoms with Gasteiger partial charge in [-0.15, -0.1) is 0 Å². The van der Waals surface area contributed by atoms with E-state index in [1.807, 2.05) is 26.8 Å². The normalized spacial score (nSPS) is 12.9. The van der Waals surface area contributed by atoms with Gasteiger partial charge < -0.3 is 10.8 Å². The van der Waals surface area contributed by atoms with E-state index < -0.39 is 0 Å². The van der Waals surface area contributed by atoms with Gasteiger partial charge in [-0.2, -0.15) is 0 Å². The standard InChI is InChI=1S/C11H17NO/c1-7-4-10(6-9(3)12)11(13)5-8(7)2/h4-5,9,13H,6,12H2,1-3H3/t9-/m0/s1. The topological polar surface area (TPSA) is 46.2 Å². The van der Waals surface area contributed by atoms with Crippen LogP contribution in [0.5, 0.6) is 5.75 Å². The van der Waals surface area contributed by atoms with E-state index in [0.717, 1.165) is 17.5 Å². The Hall–Kier alpha value is -1.02. The molecule has 0 unspecified atom stereocenters. The number of hydrogen-bond acceptors (Lipinski definition) is 2. The van der Waals surface area contributed by atoms with Gasteiger partial charge in [0.15, 0.2) is 0 Å². The zero-order valence-corrected chi connectivity index (χ0v) is 8.46. The Labute approximate surface area is 79.4 Å². The van der Waals surface area contributed by atoms with Crippen molar-refractivity contribution >= 4 is 0 Å². The number of nitrogens with two attached hydrogens (primary N) is 1. The van der Waals surface area contributed by atoms with Crippen LogP contribution in [0.25, 0.3) is 0 Å². The van der Waals surface area contributed by atoms with Gasteiger partial charge >= 0.3 is 0 Å². The first kappa shape index (κ1) is 10.1. The summed E-state index contributed by atoms with van der Waals surface area (Å²) in [5.74, 6) is 0.361. The van der Waals surface area contributed by atoms with E-state index in [0.29, 0.717) is 5.75 Å². The molecule has 0 aliphatic heterocycles. The summed E-state index contributed by atoms with van der Waals surface area (Å²) in [5, 5.41) is 9.61. The third-order valence-electron chi connectivity index (χ3n) is 2.24. The van der Waals surface area contributed by atoms with Crippen molar-refractivity contribution < 1.29 is 5.11 Å². The van der Waals surface area contributed by atoms with Crippen molar-refractivity contribution in [3.8, 4) is 5.75 Å². The van der Waals surface area contributed by atoms with Gasteiger partial charge in [0.05, 0.1) is 0 Å². The van der Waals surface area contributed by atoms with Gasteiger partial charge in [0.2, 0.25) is 0 Å². The molecule has 0 saturated heterocycles. The van der Waals surface area contributed by atoms with Crippen LogP contribution in [0.15, 0.2) is 12.1 Å². The summed E-state index contributed by atoms with van der Waals surface area (Å²) in [6, 6.07) is 3.90. The summed E-state index contributed by atoms with van der Waals surface area (Å²) in [6.07, 6.45) is 0.729. The van der Waals surface area contributed by atoms with Crippen molar-refractivity contribution in [2.24, 2.45) is 5.73 Å². The summed E-state index contributed by atoms with van der Waals surface area (Å²) >= 11 is 0. The first-order chi connectivity index (χ1) is 6.00. The maximum Gasteiger partial charge on any atom is 0.119 e. The van der Waals surface area contributed by atoms with Crippen molar-refractivity contribution in [1.29, 1.82) is 0 Å². The Balaban J connectivity index is 3.01. The largest absolute Gasteiger partial charge is 0.508 e. The van der Waals surface area contributed by atoms with Crippen molar-refractivity contribution in [2.75, 3.05) is 0 Å². The molecule has 0 heterocycles. The minimum absolute atomic E-state index is 0.0907. The molecular weight excluding hydrogens is 162 g/mol. The second-order valence-electron chi connectivity index (χ2n) is 3.75. The minimum Gasteiger partial charge on any atom is -0.508 e. The number of benzene rings is 1. The van der Waals surface area contributed by atoms with Crippen molar-refractivity contribution in [3.63, 3.8) is 0 Å². The molecule has 0 aliphatic rings. The summed E-state index contributed by atoms with van der Waals surface area (Å²) in [7, 11) is 0. The lowest BCUT2D eigenvalue weighted by molar-refractivity contribution is 0.465. The van der Waals surface area contributed by atoms with Crippen LogP contribution in [-0.2, 0) is 6.42 Å². The average Bonchev–Trinajstić information content (AvgIpc) is 1.99. The summed E-state index contributed by atoms with van der Waals surface area (Å²) in [6.45, 7) is 5.97. The number of aryl methyl sites for hydroxylation is 2. The van der Waals surface area contributed by atoms with E-state index >= 15 is 0 Å². The minimum atomic E-state index is 0.0907. The fourth-order valence-corrected chi connectivity index (χ4v) is 1.37. The Morgan fingerprint density at radius 1 is 1.31 bits per heavy atom. The van der Waals surface area contributed by atoms with E-state index in [1.54, 1.807) is 6.07 Å². The molecule has 13 heavy (non-hydrogen) atoms. The molecule has 0 spiro atoms. The van der Waals surface area contributed by atoms with E-state index in [4.69, 9.17) is 5.73 Å². The smallest absolute Gasteiger partial charge is 0.119 e. The van der Waals surface area contributed by atoms with Gasteiger partial charge in [0.1, 0.15) is 5.75 Å². The predicted molar refractivity (Wildman–Crippen MR) is 54.9 cm³/mol. The quantitative estimate of drug-likeness (QED) is 0.728.